The quantitative estimate of drug-likeness (QED) is 0.620. The Morgan fingerprint density at radius 2 is 1.95 bits per heavy atom. The Morgan fingerprint density at radius 1 is 1.21 bits per heavy atom. The molecule has 0 N–H and O–H groups in total. The first-order chi connectivity index (χ1) is 9.20. The Balaban J connectivity index is 2.23. The van der Waals surface area contributed by atoms with E-state index in [2.05, 4.69) is 0 Å². The molecule has 19 heavy (non-hydrogen) atoms. The van der Waals surface area contributed by atoms with Gasteiger partial charge >= 0.3 is 5.69 Å². The maximum Gasteiger partial charge on any atom is 0.311 e. The molecule has 0 amide bonds. The van der Waals surface area contributed by atoms with Gasteiger partial charge in [-0.3, -0.25) is 10.1 Å². The van der Waals surface area contributed by atoms with Crippen LogP contribution in [0.15, 0.2) is 48.5 Å². The largest absolute Gasteiger partial charge is 0.482 e. The second-order valence-electron chi connectivity index (χ2n) is 3.83. The molecule has 0 spiro atoms. The minimum absolute atomic E-state index is 0.105. The van der Waals surface area contributed by atoms with Crippen LogP contribution in [0.1, 0.15) is 11.1 Å². The number of nitriles is 1. The van der Waals surface area contributed by atoms with Crippen LogP contribution in [0.2, 0.25) is 0 Å². The smallest absolute Gasteiger partial charge is 0.311 e. The standard InChI is InChI=1S/C14H10N2O3/c15-9-12-6-7-13(16(17)18)14(8-12)19-10-11-4-2-1-3-5-11/h1-8H,10H2. The first-order valence-electron chi connectivity index (χ1n) is 5.56. The topological polar surface area (TPSA) is 76.2 Å². The van der Waals surface area contributed by atoms with Crippen molar-refractivity contribution in [1.29, 1.82) is 5.26 Å². The van der Waals surface area contributed by atoms with Gasteiger partial charge < -0.3 is 4.74 Å². The van der Waals surface area contributed by atoms with Crippen LogP contribution in [0.5, 0.6) is 5.75 Å². The van der Waals surface area contributed by atoms with Crippen molar-refractivity contribution in [3.05, 3.63) is 69.8 Å². The summed E-state index contributed by atoms with van der Waals surface area (Å²) in [6, 6.07) is 15.3. The van der Waals surface area contributed by atoms with Crippen molar-refractivity contribution in [2.45, 2.75) is 6.61 Å². The summed E-state index contributed by atoms with van der Waals surface area (Å²) in [5.41, 5.74) is 1.09. The zero-order chi connectivity index (χ0) is 13.7. The number of nitro groups is 1. The highest BCUT2D eigenvalue weighted by Crippen LogP contribution is 2.28. The van der Waals surface area contributed by atoms with Gasteiger partial charge in [-0.1, -0.05) is 30.3 Å². The normalized spacial score (nSPS) is 9.63. The van der Waals surface area contributed by atoms with E-state index in [1.165, 1.54) is 18.2 Å². The average Bonchev–Trinajstić information content (AvgIpc) is 2.45. The predicted molar refractivity (Wildman–Crippen MR) is 68.6 cm³/mol. The van der Waals surface area contributed by atoms with Gasteiger partial charge in [0.15, 0.2) is 5.75 Å². The van der Waals surface area contributed by atoms with Gasteiger partial charge in [0.1, 0.15) is 6.61 Å². The lowest BCUT2D eigenvalue weighted by Crippen LogP contribution is -1.99. The number of ether oxygens (including phenoxy) is 1. The van der Waals surface area contributed by atoms with Gasteiger partial charge in [0.05, 0.1) is 16.6 Å². The SMILES string of the molecule is N#Cc1ccc([N+](=O)[O-])c(OCc2ccccc2)c1. The van der Waals surface area contributed by atoms with Crippen LogP contribution in [0.4, 0.5) is 5.69 Å². The van der Waals surface area contributed by atoms with E-state index >= 15 is 0 Å². The van der Waals surface area contributed by atoms with Crippen LogP contribution in [0.25, 0.3) is 0 Å². The molecule has 0 fully saturated rings. The summed E-state index contributed by atoms with van der Waals surface area (Å²) in [5.74, 6) is 0.105. The second kappa shape index (κ2) is 5.65. The highest BCUT2D eigenvalue weighted by atomic mass is 16.6. The van der Waals surface area contributed by atoms with Crippen molar-refractivity contribution in [3.63, 3.8) is 0 Å². The molecule has 0 aliphatic carbocycles. The van der Waals surface area contributed by atoms with Crippen molar-refractivity contribution in [2.24, 2.45) is 0 Å². The fraction of sp³-hybridized carbons (Fsp3) is 0.0714. The zero-order valence-electron chi connectivity index (χ0n) is 9.95. The molecule has 0 saturated carbocycles. The number of hydrogen-bond acceptors (Lipinski definition) is 4. The van der Waals surface area contributed by atoms with Crippen LogP contribution >= 0.6 is 0 Å². The fourth-order valence-electron chi connectivity index (χ4n) is 1.59. The van der Waals surface area contributed by atoms with Gasteiger partial charge in [-0.05, 0) is 11.6 Å². The Labute approximate surface area is 109 Å². The van der Waals surface area contributed by atoms with Crippen LogP contribution in [-0.2, 0) is 6.61 Å². The first kappa shape index (κ1) is 12.6. The van der Waals surface area contributed by atoms with Crippen LogP contribution in [0.3, 0.4) is 0 Å². The van der Waals surface area contributed by atoms with E-state index in [1.54, 1.807) is 0 Å². The second-order valence-corrected chi connectivity index (χ2v) is 3.83. The number of rotatable bonds is 4. The molecular weight excluding hydrogens is 244 g/mol. The number of nitrogens with zero attached hydrogens (tertiary/aromatic N) is 2. The fourth-order valence-corrected chi connectivity index (χ4v) is 1.59. The third-order valence-electron chi connectivity index (χ3n) is 2.52. The average molecular weight is 254 g/mol. The third-order valence-corrected chi connectivity index (χ3v) is 2.52. The molecule has 5 nitrogen and oxygen atoms in total. The zero-order valence-corrected chi connectivity index (χ0v) is 9.95. The van der Waals surface area contributed by atoms with E-state index in [-0.39, 0.29) is 18.0 Å². The molecule has 0 atom stereocenters. The summed E-state index contributed by atoms with van der Waals surface area (Å²) in [5, 5.41) is 19.7. The lowest BCUT2D eigenvalue weighted by atomic mass is 10.2. The minimum atomic E-state index is -0.526. The molecule has 0 unspecified atom stereocenters. The Kier molecular flexibility index (Phi) is 3.74. The van der Waals surface area contributed by atoms with Gasteiger partial charge in [0.25, 0.3) is 0 Å². The van der Waals surface area contributed by atoms with Crippen LogP contribution in [0, 0.1) is 21.4 Å². The lowest BCUT2D eigenvalue weighted by Gasteiger charge is -2.07. The Bertz CT molecular complexity index is 633. The predicted octanol–water partition coefficient (Wildman–Crippen LogP) is 3.05. The molecule has 0 saturated heterocycles. The first-order valence-corrected chi connectivity index (χ1v) is 5.56. The number of benzene rings is 2. The molecule has 0 aliphatic heterocycles. The van der Waals surface area contributed by atoms with E-state index in [1.807, 2.05) is 36.4 Å². The highest BCUT2D eigenvalue weighted by molar-refractivity contribution is 5.51. The van der Waals surface area contributed by atoms with Crippen molar-refractivity contribution >= 4 is 5.69 Å². The molecule has 0 bridgehead atoms. The molecule has 94 valence electrons. The molecular formula is C14H10N2O3. The van der Waals surface area contributed by atoms with Crippen LogP contribution < -0.4 is 4.74 Å². The summed E-state index contributed by atoms with van der Waals surface area (Å²) in [6.45, 7) is 0.219. The van der Waals surface area contributed by atoms with Gasteiger partial charge in [-0.15, -0.1) is 0 Å². The summed E-state index contributed by atoms with van der Waals surface area (Å²) >= 11 is 0. The van der Waals surface area contributed by atoms with Crippen molar-refractivity contribution in [1.82, 2.24) is 0 Å². The van der Waals surface area contributed by atoms with E-state index in [9.17, 15) is 10.1 Å². The lowest BCUT2D eigenvalue weighted by molar-refractivity contribution is -0.385. The summed E-state index contributed by atoms with van der Waals surface area (Å²) in [7, 11) is 0. The summed E-state index contributed by atoms with van der Waals surface area (Å²) in [4.78, 5) is 10.3. The van der Waals surface area contributed by atoms with Crippen molar-refractivity contribution < 1.29 is 9.66 Å². The maximum atomic E-state index is 10.9. The van der Waals surface area contributed by atoms with Gasteiger partial charge in [-0.2, -0.15) is 5.26 Å². The molecule has 2 rings (SSSR count). The minimum Gasteiger partial charge on any atom is -0.482 e. The van der Waals surface area contributed by atoms with E-state index in [0.29, 0.717) is 5.56 Å². The van der Waals surface area contributed by atoms with Crippen molar-refractivity contribution in [3.8, 4) is 11.8 Å². The molecule has 0 aromatic heterocycles. The summed E-state index contributed by atoms with van der Waals surface area (Å²) in [6.07, 6.45) is 0. The van der Waals surface area contributed by atoms with E-state index in [0.717, 1.165) is 5.56 Å². The monoisotopic (exact) mass is 254 g/mol. The molecule has 2 aromatic rings. The maximum absolute atomic E-state index is 10.9. The third kappa shape index (κ3) is 3.07. The highest BCUT2D eigenvalue weighted by Gasteiger charge is 2.15. The van der Waals surface area contributed by atoms with Crippen LogP contribution in [-0.4, -0.2) is 4.92 Å². The van der Waals surface area contributed by atoms with E-state index < -0.39 is 4.92 Å². The molecule has 0 aliphatic rings. The molecule has 5 heteroatoms. The summed E-state index contributed by atoms with van der Waals surface area (Å²) < 4.78 is 5.43. The Hall–Kier alpha value is -2.87. The Morgan fingerprint density at radius 3 is 2.58 bits per heavy atom. The number of hydrogen-bond donors (Lipinski definition) is 0. The molecule has 2 aromatic carbocycles. The van der Waals surface area contributed by atoms with Gasteiger partial charge in [0.2, 0.25) is 0 Å². The number of nitro benzene ring substituents is 1. The van der Waals surface area contributed by atoms with Gasteiger partial charge in [-0.25, -0.2) is 0 Å². The van der Waals surface area contributed by atoms with Gasteiger partial charge in [0, 0.05) is 12.1 Å². The van der Waals surface area contributed by atoms with E-state index in [4.69, 9.17) is 10.00 Å². The molecule has 0 heterocycles. The van der Waals surface area contributed by atoms with Crippen molar-refractivity contribution in [2.75, 3.05) is 0 Å². The molecule has 0 radical (unpaired) electrons.